The van der Waals surface area contributed by atoms with Gasteiger partial charge in [-0.1, -0.05) is 12.1 Å². The lowest BCUT2D eigenvalue weighted by Gasteiger charge is -2.45. The first-order chi connectivity index (χ1) is 8.24. The molecule has 0 amide bonds. The summed E-state index contributed by atoms with van der Waals surface area (Å²) in [6, 6.07) is 6.40. The Morgan fingerprint density at radius 2 is 1.82 bits per heavy atom. The second kappa shape index (κ2) is 4.15. The molecular weight excluding hydrogens is 217 g/mol. The number of fused-ring (bicyclic) bond motifs is 3. The zero-order chi connectivity index (χ0) is 11.8. The van der Waals surface area contributed by atoms with Crippen LogP contribution in [0.3, 0.4) is 0 Å². The van der Waals surface area contributed by atoms with Gasteiger partial charge in [-0.05, 0) is 42.5 Å². The van der Waals surface area contributed by atoms with Gasteiger partial charge in [0.1, 0.15) is 5.82 Å². The second-order valence-corrected chi connectivity index (χ2v) is 4.89. The van der Waals surface area contributed by atoms with Crippen LogP contribution in [0.15, 0.2) is 30.0 Å². The summed E-state index contributed by atoms with van der Waals surface area (Å²) in [6.07, 6.45) is 3.81. The Labute approximate surface area is 100 Å². The van der Waals surface area contributed by atoms with E-state index in [0.29, 0.717) is 5.92 Å². The molecule has 1 atom stereocenters. The van der Waals surface area contributed by atoms with E-state index in [1.165, 1.54) is 12.1 Å². The van der Waals surface area contributed by atoms with Gasteiger partial charge in [0.05, 0.1) is 6.10 Å². The molecule has 0 aromatic heterocycles. The van der Waals surface area contributed by atoms with Crippen LogP contribution in [0.4, 0.5) is 4.39 Å². The average molecular weight is 233 g/mol. The van der Waals surface area contributed by atoms with Crippen molar-refractivity contribution < 1.29 is 9.50 Å². The van der Waals surface area contributed by atoms with E-state index in [1.807, 2.05) is 6.08 Å². The van der Waals surface area contributed by atoms with Gasteiger partial charge in [-0.15, -0.1) is 0 Å². The van der Waals surface area contributed by atoms with Crippen molar-refractivity contribution in [3.05, 3.63) is 41.3 Å². The number of benzene rings is 1. The molecular formula is C14H16FNO. The fraction of sp³-hybridized carbons (Fsp3) is 0.429. The molecule has 3 saturated heterocycles. The minimum Gasteiger partial charge on any atom is -0.387 e. The van der Waals surface area contributed by atoms with Crippen molar-refractivity contribution in [3.8, 4) is 0 Å². The summed E-state index contributed by atoms with van der Waals surface area (Å²) in [7, 11) is 0. The number of rotatable bonds is 1. The normalized spacial score (nSPS) is 30.0. The molecule has 2 bridgehead atoms. The van der Waals surface area contributed by atoms with Gasteiger partial charge in [-0.2, -0.15) is 0 Å². The van der Waals surface area contributed by atoms with Gasteiger partial charge in [0.25, 0.3) is 0 Å². The summed E-state index contributed by atoms with van der Waals surface area (Å²) < 4.78 is 12.8. The molecule has 1 aromatic rings. The Morgan fingerprint density at radius 1 is 1.18 bits per heavy atom. The molecule has 4 rings (SSSR count). The van der Waals surface area contributed by atoms with E-state index in [0.717, 1.165) is 37.2 Å². The standard InChI is InChI=1S/C14H16FNO/c15-12-3-1-10(2-4-12)9-13-14(17)11-5-7-16(13)8-6-11/h1-4,9,11,14,17H,5-8H2/b13-9-/t14-/m0/s1. The first-order valence-corrected chi connectivity index (χ1v) is 6.14. The quantitative estimate of drug-likeness (QED) is 0.804. The lowest BCUT2D eigenvalue weighted by atomic mass is 9.83. The average Bonchev–Trinajstić information content (AvgIpc) is 2.37. The fourth-order valence-corrected chi connectivity index (χ4v) is 2.81. The monoisotopic (exact) mass is 233 g/mol. The molecule has 0 radical (unpaired) electrons. The maximum atomic E-state index is 12.8. The first kappa shape index (κ1) is 10.8. The Hall–Kier alpha value is -1.35. The van der Waals surface area contributed by atoms with Gasteiger partial charge >= 0.3 is 0 Å². The highest BCUT2D eigenvalue weighted by Crippen LogP contribution is 2.35. The Kier molecular flexibility index (Phi) is 2.63. The molecule has 1 aromatic carbocycles. The summed E-state index contributed by atoms with van der Waals surface area (Å²) >= 11 is 0. The third-order valence-corrected chi connectivity index (χ3v) is 3.84. The Bertz CT molecular complexity index is 428. The largest absolute Gasteiger partial charge is 0.387 e. The molecule has 0 unspecified atom stereocenters. The molecule has 3 aliphatic rings. The van der Waals surface area contributed by atoms with E-state index in [4.69, 9.17) is 0 Å². The van der Waals surface area contributed by atoms with Crippen LogP contribution in [-0.4, -0.2) is 29.2 Å². The predicted octanol–water partition coefficient (Wildman–Crippen LogP) is 2.25. The molecule has 2 nitrogen and oxygen atoms in total. The maximum absolute atomic E-state index is 12.8. The lowest BCUT2D eigenvalue weighted by Crippen LogP contribution is -2.48. The van der Waals surface area contributed by atoms with Crippen LogP contribution in [0, 0.1) is 11.7 Å². The third-order valence-electron chi connectivity index (χ3n) is 3.84. The fourth-order valence-electron chi connectivity index (χ4n) is 2.81. The van der Waals surface area contributed by atoms with Crippen molar-refractivity contribution in [1.29, 1.82) is 0 Å². The van der Waals surface area contributed by atoms with Crippen LogP contribution in [0.25, 0.3) is 6.08 Å². The number of nitrogens with zero attached hydrogens (tertiary/aromatic N) is 1. The third kappa shape index (κ3) is 1.95. The van der Waals surface area contributed by atoms with E-state index in [-0.39, 0.29) is 11.9 Å². The zero-order valence-corrected chi connectivity index (χ0v) is 9.64. The van der Waals surface area contributed by atoms with E-state index >= 15 is 0 Å². The van der Waals surface area contributed by atoms with Crippen molar-refractivity contribution in [3.63, 3.8) is 0 Å². The number of hydrogen-bond donors (Lipinski definition) is 1. The topological polar surface area (TPSA) is 23.5 Å². The zero-order valence-electron chi connectivity index (χ0n) is 9.64. The summed E-state index contributed by atoms with van der Waals surface area (Å²) in [5.41, 5.74) is 1.95. The second-order valence-electron chi connectivity index (χ2n) is 4.89. The Morgan fingerprint density at radius 3 is 2.41 bits per heavy atom. The number of hydrogen-bond acceptors (Lipinski definition) is 2. The van der Waals surface area contributed by atoms with Crippen LogP contribution >= 0.6 is 0 Å². The molecule has 1 N–H and O–H groups in total. The molecule has 90 valence electrons. The molecule has 0 saturated carbocycles. The molecule has 0 spiro atoms. The van der Waals surface area contributed by atoms with Crippen LogP contribution < -0.4 is 0 Å². The van der Waals surface area contributed by atoms with Gasteiger partial charge in [-0.3, -0.25) is 0 Å². The molecule has 3 aliphatic heterocycles. The van der Waals surface area contributed by atoms with E-state index in [9.17, 15) is 9.50 Å². The molecule has 3 heterocycles. The number of halogens is 1. The summed E-state index contributed by atoms with van der Waals surface area (Å²) in [4.78, 5) is 2.24. The summed E-state index contributed by atoms with van der Waals surface area (Å²) in [5.74, 6) is 0.185. The highest BCUT2D eigenvalue weighted by Gasteiger charge is 2.36. The van der Waals surface area contributed by atoms with Crippen LogP contribution in [0.5, 0.6) is 0 Å². The summed E-state index contributed by atoms with van der Waals surface area (Å²) in [5, 5.41) is 10.2. The van der Waals surface area contributed by atoms with Gasteiger partial charge in [0.2, 0.25) is 0 Å². The molecule has 3 heteroatoms. The molecule has 3 fully saturated rings. The van der Waals surface area contributed by atoms with Crippen LogP contribution in [-0.2, 0) is 0 Å². The molecule has 17 heavy (non-hydrogen) atoms. The van der Waals surface area contributed by atoms with Crippen molar-refractivity contribution in [2.75, 3.05) is 13.1 Å². The van der Waals surface area contributed by atoms with Gasteiger partial charge in [0.15, 0.2) is 0 Å². The van der Waals surface area contributed by atoms with Crippen molar-refractivity contribution >= 4 is 6.08 Å². The van der Waals surface area contributed by atoms with Crippen molar-refractivity contribution in [2.45, 2.75) is 18.9 Å². The number of aliphatic hydroxyl groups is 1. The predicted molar refractivity (Wildman–Crippen MR) is 64.7 cm³/mol. The van der Waals surface area contributed by atoms with E-state index in [1.54, 1.807) is 12.1 Å². The first-order valence-electron chi connectivity index (χ1n) is 6.14. The highest BCUT2D eigenvalue weighted by molar-refractivity contribution is 5.54. The van der Waals surface area contributed by atoms with Crippen molar-refractivity contribution in [2.24, 2.45) is 5.92 Å². The van der Waals surface area contributed by atoms with Crippen LogP contribution in [0.1, 0.15) is 18.4 Å². The maximum Gasteiger partial charge on any atom is 0.123 e. The van der Waals surface area contributed by atoms with E-state index in [2.05, 4.69) is 4.90 Å². The van der Waals surface area contributed by atoms with E-state index < -0.39 is 0 Å². The molecule has 0 aliphatic carbocycles. The minimum absolute atomic E-state index is 0.224. The summed E-state index contributed by atoms with van der Waals surface area (Å²) in [6.45, 7) is 2.07. The smallest absolute Gasteiger partial charge is 0.123 e. The van der Waals surface area contributed by atoms with Crippen molar-refractivity contribution in [1.82, 2.24) is 4.90 Å². The number of aliphatic hydroxyl groups excluding tert-OH is 1. The van der Waals surface area contributed by atoms with Gasteiger partial charge in [0, 0.05) is 18.8 Å². The lowest BCUT2D eigenvalue weighted by molar-refractivity contribution is 0.0215. The Balaban J connectivity index is 1.90. The highest BCUT2D eigenvalue weighted by atomic mass is 19.1. The van der Waals surface area contributed by atoms with Gasteiger partial charge < -0.3 is 10.0 Å². The number of piperidine rings is 3. The van der Waals surface area contributed by atoms with Gasteiger partial charge in [-0.25, -0.2) is 4.39 Å². The SMILES string of the molecule is O[C@@H]1/C(=C/c2ccc(F)cc2)N2CCC1CC2. The minimum atomic E-state index is -0.345. The van der Waals surface area contributed by atoms with Crippen LogP contribution in [0.2, 0.25) is 0 Å².